The lowest BCUT2D eigenvalue weighted by Crippen LogP contribution is -1.94. The van der Waals surface area contributed by atoms with Crippen molar-refractivity contribution in [2.24, 2.45) is 0 Å². The molecule has 0 radical (unpaired) electrons. The molecular weight excluding hydrogens is 702 g/mol. The molecule has 0 aliphatic heterocycles. The Kier molecular flexibility index (Phi) is 10.1. The molecule has 6 heteroatoms. The van der Waals surface area contributed by atoms with E-state index in [2.05, 4.69) is 60.7 Å². The highest BCUT2D eigenvalue weighted by atomic mass is 35.5. The number of halogens is 4. The molecule has 50 heavy (non-hydrogen) atoms. The van der Waals surface area contributed by atoms with Gasteiger partial charge >= 0.3 is 0 Å². The summed E-state index contributed by atoms with van der Waals surface area (Å²) in [5.74, 6) is 0.510. The molecule has 0 bridgehead atoms. The van der Waals surface area contributed by atoms with Crippen molar-refractivity contribution in [2.45, 2.75) is 25.7 Å². The van der Waals surface area contributed by atoms with E-state index in [1.54, 1.807) is 24.3 Å². The Bertz CT molecular complexity index is 2140. The molecule has 2 aliphatic carbocycles. The molecule has 0 atom stereocenters. The molecule has 2 nitrogen and oxygen atoms in total. The lowest BCUT2D eigenvalue weighted by atomic mass is 9.92. The maximum absolute atomic E-state index is 9.80. The van der Waals surface area contributed by atoms with E-state index in [1.807, 2.05) is 48.5 Å². The summed E-state index contributed by atoms with van der Waals surface area (Å²) in [6.07, 6.45) is 7.74. The molecule has 6 aromatic rings. The van der Waals surface area contributed by atoms with Crippen LogP contribution >= 0.6 is 46.4 Å². The predicted molar refractivity (Wildman–Crippen MR) is 211 cm³/mol. The third-order valence-electron chi connectivity index (χ3n) is 9.24. The Morgan fingerprint density at radius 3 is 1.26 bits per heavy atom. The minimum atomic E-state index is 0.255. The molecule has 2 aliphatic rings. The van der Waals surface area contributed by atoms with E-state index in [1.165, 1.54) is 22.3 Å². The monoisotopic (exact) mass is 732 g/mol. The summed E-state index contributed by atoms with van der Waals surface area (Å²) in [5.41, 5.74) is 13.4. The van der Waals surface area contributed by atoms with Crippen molar-refractivity contribution in [3.8, 4) is 11.5 Å². The average molecular weight is 735 g/mol. The van der Waals surface area contributed by atoms with Crippen LogP contribution in [0.25, 0.3) is 23.3 Å². The quantitative estimate of drug-likeness (QED) is 0.186. The molecule has 248 valence electrons. The summed E-state index contributed by atoms with van der Waals surface area (Å²) in [5, 5.41) is 22.0. The van der Waals surface area contributed by atoms with Crippen molar-refractivity contribution in [3.05, 3.63) is 197 Å². The first kappa shape index (κ1) is 34.0. The number of rotatable bonds is 2. The molecule has 2 N–H and O–H groups in total. The van der Waals surface area contributed by atoms with Gasteiger partial charge in [0.2, 0.25) is 0 Å². The minimum Gasteiger partial charge on any atom is -0.508 e. The van der Waals surface area contributed by atoms with Crippen molar-refractivity contribution in [1.82, 2.24) is 0 Å². The van der Waals surface area contributed by atoms with Gasteiger partial charge in [-0.3, -0.25) is 0 Å². The second-order valence-electron chi connectivity index (χ2n) is 12.4. The van der Waals surface area contributed by atoms with Gasteiger partial charge in [0, 0.05) is 0 Å². The summed E-state index contributed by atoms with van der Waals surface area (Å²) in [6.45, 7) is 0. The Labute approximate surface area is 312 Å². The molecule has 0 saturated carbocycles. The van der Waals surface area contributed by atoms with Crippen molar-refractivity contribution >= 4 is 69.7 Å². The first-order valence-electron chi connectivity index (χ1n) is 16.4. The molecule has 0 heterocycles. The lowest BCUT2D eigenvalue weighted by molar-refractivity contribution is 0.474. The van der Waals surface area contributed by atoms with E-state index in [0.29, 0.717) is 20.1 Å². The SMILES string of the molecule is Oc1cccc(/C=C2/c3ccccc3CCc3c2ccc(Cl)c3Cl)c1.Oc1cccc(/C=C2\c3ccccc3CCc3c2ccc(Cl)c3Cl)c1. The highest BCUT2D eigenvalue weighted by Gasteiger charge is 2.22. The van der Waals surface area contributed by atoms with Crippen LogP contribution in [0, 0.1) is 0 Å². The third kappa shape index (κ3) is 7.08. The van der Waals surface area contributed by atoms with Gasteiger partial charge in [-0.1, -0.05) is 131 Å². The summed E-state index contributed by atoms with van der Waals surface area (Å²) in [6, 6.07) is 39.2. The third-order valence-corrected chi connectivity index (χ3v) is 10.9. The topological polar surface area (TPSA) is 40.5 Å². The molecule has 0 saturated heterocycles. The van der Waals surface area contributed by atoms with Crippen molar-refractivity contribution < 1.29 is 10.2 Å². The minimum absolute atomic E-state index is 0.255. The number of benzene rings is 6. The van der Waals surface area contributed by atoms with Gasteiger partial charge in [0.15, 0.2) is 0 Å². The summed E-state index contributed by atoms with van der Waals surface area (Å²) >= 11 is 25.6. The van der Waals surface area contributed by atoms with Gasteiger partial charge in [0.1, 0.15) is 11.5 Å². The number of fused-ring (bicyclic) bond motifs is 4. The summed E-state index contributed by atoms with van der Waals surface area (Å²) < 4.78 is 0. The van der Waals surface area contributed by atoms with Gasteiger partial charge in [-0.15, -0.1) is 0 Å². The van der Waals surface area contributed by atoms with Crippen LogP contribution in [0.4, 0.5) is 0 Å². The predicted octanol–water partition coefficient (Wildman–Crippen LogP) is 12.8. The van der Waals surface area contributed by atoms with E-state index in [9.17, 15) is 10.2 Å². The van der Waals surface area contributed by atoms with Crippen LogP contribution in [0.3, 0.4) is 0 Å². The van der Waals surface area contributed by atoms with Crippen molar-refractivity contribution in [1.29, 1.82) is 0 Å². The van der Waals surface area contributed by atoms with Crippen LogP contribution in [0.1, 0.15) is 55.6 Å². The molecule has 0 aromatic heterocycles. The first-order chi connectivity index (χ1) is 24.3. The largest absolute Gasteiger partial charge is 0.508 e. The van der Waals surface area contributed by atoms with Crippen LogP contribution in [-0.4, -0.2) is 10.2 Å². The van der Waals surface area contributed by atoms with Crippen LogP contribution in [0.5, 0.6) is 11.5 Å². The number of hydrogen-bond donors (Lipinski definition) is 2. The van der Waals surface area contributed by atoms with Crippen molar-refractivity contribution in [2.75, 3.05) is 0 Å². The number of hydrogen-bond acceptors (Lipinski definition) is 2. The summed E-state index contributed by atoms with van der Waals surface area (Å²) in [4.78, 5) is 0. The molecule has 0 fully saturated rings. The fourth-order valence-corrected chi connectivity index (χ4v) is 7.74. The Hall–Kier alpha value is -4.44. The van der Waals surface area contributed by atoms with Crippen LogP contribution in [0.15, 0.2) is 121 Å². The van der Waals surface area contributed by atoms with Gasteiger partial charge in [-0.05, 0) is 141 Å². The molecule has 6 aromatic carbocycles. The number of aromatic hydroxyl groups is 2. The van der Waals surface area contributed by atoms with Gasteiger partial charge in [0.25, 0.3) is 0 Å². The zero-order valence-electron chi connectivity index (χ0n) is 26.9. The fourth-order valence-electron chi connectivity index (χ4n) is 6.86. The first-order valence-corrected chi connectivity index (χ1v) is 17.9. The zero-order chi connectivity index (χ0) is 34.8. The fraction of sp³-hybridized carbons (Fsp3) is 0.0909. The van der Waals surface area contributed by atoms with Gasteiger partial charge in [-0.25, -0.2) is 0 Å². The van der Waals surface area contributed by atoms with E-state index in [4.69, 9.17) is 46.4 Å². The number of phenols is 2. The molecule has 0 amide bonds. The van der Waals surface area contributed by atoms with Crippen LogP contribution in [-0.2, 0) is 25.7 Å². The Balaban J connectivity index is 0.000000157. The second-order valence-corrected chi connectivity index (χ2v) is 14.0. The van der Waals surface area contributed by atoms with E-state index in [0.717, 1.165) is 70.2 Å². The van der Waals surface area contributed by atoms with Gasteiger partial charge in [0.05, 0.1) is 20.1 Å². The normalized spacial score (nSPS) is 14.7. The van der Waals surface area contributed by atoms with Gasteiger partial charge < -0.3 is 10.2 Å². The Morgan fingerprint density at radius 1 is 0.420 bits per heavy atom. The van der Waals surface area contributed by atoms with Crippen LogP contribution < -0.4 is 0 Å². The summed E-state index contributed by atoms with van der Waals surface area (Å²) in [7, 11) is 0. The molecule has 8 rings (SSSR count). The molecular formula is C44H32Cl4O2. The number of phenolic OH excluding ortho intramolecular Hbond substituents is 2. The maximum atomic E-state index is 9.80. The second kappa shape index (κ2) is 14.8. The average Bonchev–Trinajstić information content (AvgIpc) is 3.37. The smallest absolute Gasteiger partial charge is 0.116 e. The maximum Gasteiger partial charge on any atom is 0.116 e. The van der Waals surface area contributed by atoms with Gasteiger partial charge in [-0.2, -0.15) is 0 Å². The van der Waals surface area contributed by atoms with E-state index < -0.39 is 0 Å². The molecule has 0 spiro atoms. The lowest BCUT2D eigenvalue weighted by Gasteiger charge is -2.14. The van der Waals surface area contributed by atoms with E-state index in [-0.39, 0.29) is 11.5 Å². The molecule has 0 unspecified atom stereocenters. The number of aryl methyl sites for hydroxylation is 2. The zero-order valence-corrected chi connectivity index (χ0v) is 30.0. The van der Waals surface area contributed by atoms with Crippen LogP contribution in [0.2, 0.25) is 20.1 Å². The highest BCUT2D eigenvalue weighted by molar-refractivity contribution is 6.43. The Morgan fingerprint density at radius 2 is 0.840 bits per heavy atom. The van der Waals surface area contributed by atoms with E-state index >= 15 is 0 Å². The highest BCUT2D eigenvalue weighted by Crippen LogP contribution is 2.42. The van der Waals surface area contributed by atoms with Crippen molar-refractivity contribution in [3.63, 3.8) is 0 Å². The standard InChI is InChI=1S/2C22H16Cl2O/c2*23-21-11-10-18-19(22(21)24)9-8-15-5-1-2-7-17(15)20(18)13-14-4-3-6-16(25)12-14/h2*1-7,10-13,25H,8-9H2/b20-13+;20-13-.